The molecule has 0 aliphatic heterocycles. The number of ether oxygens (including phenoxy) is 1. The fraction of sp³-hybridized carbons (Fsp3) is 0.462. The Bertz CT molecular complexity index is 363. The molecule has 1 rings (SSSR count). The van der Waals surface area contributed by atoms with E-state index in [-0.39, 0.29) is 0 Å². The number of hydrogen-bond donors (Lipinski definition) is 1. The molecule has 16 heavy (non-hydrogen) atoms. The highest BCUT2D eigenvalue weighted by atomic mass is 32.1. The van der Waals surface area contributed by atoms with Crippen LogP contribution in [0.25, 0.3) is 0 Å². The Kier molecular flexibility index (Phi) is 5.43. The van der Waals surface area contributed by atoms with Gasteiger partial charge in [0, 0.05) is 12.2 Å². The second-order valence-electron chi connectivity index (χ2n) is 3.91. The van der Waals surface area contributed by atoms with Crippen LogP contribution in [0.4, 0.5) is 0 Å². The van der Waals surface area contributed by atoms with Gasteiger partial charge >= 0.3 is 0 Å². The van der Waals surface area contributed by atoms with Crippen molar-refractivity contribution in [2.24, 2.45) is 5.73 Å². The molecule has 0 spiro atoms. The molecule has 0 saturated heterocycles. The van der Waals surface area contributed by atoms with E-state index < -0.39 is 0 Å². The van der Waals surface area contributed by atoms with E-state index in [0.717, 1.165) is 18.6 Å². The summed E-state index contributed by atoms with van der Waals surface area (Å²) < 4.78 is 5.58. The van der Waals surface area contributed by atoms with Crippen molar-refractivity contribution >= 4 is 17.2 Å². The average Bonchev–Trinajstić information content (AvgIpc) is 2.26. The van der Waals surface area contributed by atoms with Crippen LogP contribution in [0.2, 0.25) is 0 Å². The van der Waals surface area contributed by atoms with Crippen molar-refractivity contribution in [1.82, 2.24) is 0 Å². The van der Waals surface area contributed by atoms with Crippen molar-refractivity contribution in [3.05, 3.63) is 34.9 Å². The lowest BCUT2D eigenvalue weighted by molar-refractivity contribution is 0.117. The molecule has 88 valence electrons. The minimum Gasteiger partial charge on any atom is -0.389 e. The Morgan fingerprint density at radius 1 is 1.44 bits per heavy atom. The van der Waals surface area contributed by atoms with E-state index in [4.69, 9.17) is 22.7 Å². The summed E-state index contributed by atoms with van der Waals surface area (Å²) in [6.45, 7) is 5.71. The van der Waals surface area contributed by atoms with Gasteiger partial charge in [-0.05, 0) is 30.5 Å². The van der Waals surface area contributed by atoms with E-state index in [2.05, 4.69) is 13.8 Å². The van der Waals surface area contributed by atoms with Crippen LogP contribution in [0.5, 0.6) is 0 Å². The molecule has 0 bridgehead atoms. The van der Waals surface area contributed by atoms with Crippen LogP contribution < -0.4 is 5.73 Å². The Hall–Kier alpha value is -0.930. The van der Waals surface area contributed by atoms with Crippen LogP contribution in [0.3, 0.4) is 0 Å². The maximum atomic E-state index is 5.58. The molecule has 0 aliphatic carbocycles. The van der Waals surface area contributed by atoms with Crippen LogP contribution in [0.15, 0.2) is 18.2 Å². The molecule has 0 unspecified atom stereocenters. The molecule has 0 amide bonds. The van der Waals surface area contributed by atoms with Crippen molar-refractivity contribution in [2.75, 3.05) is 6.61 Å². The second kappa shape index (κ2) is 6.61. The van der Waals surface area contributed by atoms with E-state index in [9.17, 15) is 0 Å². The summed E-state index contributed by atoms with van der Waals surface area (Å²) in [5, 5.41) is 0. The molecule has 0 aromatic heterocycles. The third kappa shape index (κ3) is 3.91. The minimum atomic E-state index is 0.446. The molecule has 0 aliphatic rings. The Morgan fingerprint density at radius 3 is 2.75 bits per heavy atom. The molecule has 0 heterocycles. The quantitative estimate of drug-likeness (QED) is 0.610. The summed E-state index contributed by atoms with van der Waals surface area (Å²) >= 11 is 4.93. The zero-order chi connectivity index (χ0) is 12.0. The van der Waals surface area contributed by atoms with Gasteiger partial charge in [-0.15, -0.1) is 0 Å². The minimum absolute atomic E-state index is 0.446. The highest BCUT2D eigenvalue weighted by Gasteiger charge is 2.02. The molecule has 3 heteroatoms. The van der Waals surface area contributed by atoms with Crippen LogP contribution in [0, 0.1) is 6.92 Å². The number of nitrogens with two attached hydrogens (primary N) is 1. The summed E-state index contributed by atoms with van der Waals surface area (Å²) in [4.78, 5) is 0.446. The molecule has 1 aromatic rings. The van der Waals surface area contributed by atoms with Gasteiger partial charge in [0.15, 0.2) is 0 Å². The van der Waals surface area contributed by atoms with Gasteiger partial charge in [-0.1, -0.05) is 37.7 Å². The van der Waals surface area contributed by atoms with Crippen LogP contribution in [-0.2, 0) is 11.3 Å². The Morgan fingerprint density at radius 2 is 2.19 bits per heavy atom. The summed E-state index contributed by atoms with van der Waals surface area (Å²) in [7, 11) is 0. The predicted molar refractivity (Wildman–Crippen MR) is 71.6 cm³/mol. The van der Waals surface area contributed by atoms with Crippen LogP contribution >= 0.6 is 12.2 Å². The molecular formula is C13H19NOS. The lowest BCUT2D eigenvalue weighted by Crippen LogP contribution is -2.10. The smallest absolute Gasteiger partial charge is 0.103 e. The maximum Gasteiger partial charge on any atom is 0.103 e. The largest absolute Gasteiger partial charge is 0.389 e. The number of rotatable bonds is 6. The van der Waals surface area contributed by atoms with Gasteiger partial charge in [0.1, 0.15) is 4.99 Å². The van der Waals surface area contributed by atoms with Crippen molar-refractivity contribution < 1.29 is 4.74 Å². The Balaban J connectivity index is 2.57. The van der Waals surface area contributed by atoms with Gasteiger partial charge in [0.05, 0.1) is 6.61 Å². The molecule has 0 radical (unpaired) electrons. The lowest BCUT2D eigenvalue weighted by Gasteiger charge is -2.08. The highest BCUT2D eigenvalue weighted by molar-refractivity contribution is 7.80. The second-order valence-corrected chi connectivity index (χ2v) is 4.35. The van der Waals surface area contributed by atoms with Gasteiger partial charge in [-0.2, -0.15) is 0 Å². The van der Waals surface area contributed by atoms with Crippen molar-refractivity contribution in [2.45, 2.75) is 33.3 Å². The zero-order valence-corrected chi connectivity index (χ0v) is 10.8. The molecule has 0 fully saturated rings. The monoisotopic (exact) mass is 237 g/mol. The molecule has 0 saturated carbocycles. The van der Waals surface area contributed by atoms with Gasteiger partial charge in [0.2, 0.25) is 0 Å². The van der Waals surface area contributed by atoms with E-state index in [0.29, 0.717) is 11.6 Å². The summed E-state index contributed by atoms with van der Waals surface area (Å²) in [5.41, 5.74) is 8.88. The first-order chi connectivity index (χ1) is 7.65. The molecule has 0 atom stereocenters. The third-order valence-corrected chi connectivity index (χ3v) is 2.76. The first-order valence-corrected chi connectivity index (χ1v) is 6.03. The van der Waals surface area contributed by atoms with Gasteiger partial charge in [-0.3, -0.25) is 0 Å². The SMILES string of the molecule is CCCCOCc1ccc(C(N)=S)cc1C. The Labute approximate surface area is 103 Å². The zero-order valence-electron chi connectivity index (χ0n) is 9.95. The summed E-state index contributed by atoms with van der Waals surface area (Å²) in [6.07, 6.45) is 2.28. The standard InChI is InChI=1S/C13H19NOS/c1-3-4-7-15-9-12-6-5-11(13(14)16)8-10(12)2/h5-6,8H,3-4,7,9H2,1-2H3,(H2,14,16). The normalized spacial score (nSPS) is 10.4. The van der Waals surface area contributed by atoms with Gasteiger partial charge in [0.25, 0.3) is 0 Å². The molecular weight excluding hydrogens is 218 g/mol. The van der Waals surface area contributed by atoms with Crippen molar-refractivity contribution in [3.8, 4) is 0 Å². The topological polar surface area (TPSA) is 35.2 Å². The first kappa shape index (κ1) is 13.1. The van der Waals surface area contributed by atoms with E-state index >= 15 is 0 Å². The molecule has 1 aromatic carbocycles. The van der Waals surface area contributed by atoms with Crippen molar-refractivity contribution in [1.29, 1.82) is 0 Å². The van der Waals surface area contributed by atoms with Gasteiger partial charge in [-0.25, -0.2) is 0 Å². The number of hydrogen-bond acceptors (Lipinski definition) is 2. The number of unbranched alkanes of at least 4 members (excludes halogenated alkanes) is 1. The van der Waals surface area contributed by atoms with Crippen molar-refractivity contribution in [3.63, 3.8) is 0 Å². The fourth-order valence-electron chi connectivity index (χ4n) is 1.44. The van der Waals surface area contributed by atoms with E-state index in [1.807, 2.05) is 18.2 Å². The first-order valence-electron chi connectivity index (χ1n) is 5.62. The molecule has 2 N–H and O–H groups in total. The van der Waals surface area contributed by atoms with Crippen LogP contribution in [-0.4, -0.2) is 11.6 Å². The number of benzene rings is 1. The fourth-order valence-corrected chi connectivity index (χ4v) is 1.57. The van der Waals surface area contributed by atoms with E-state index in [1.165, 1.54) is 17.5 Å². The predicted octanol–water partition coefficient (Wildman–Crippen LogP) is 2.95. The molecule has 2 nitrogen and oxygen atoms in total. The maximum absolute atomic E-state index is 5.58. The van der Waals surface area contributed by atoms with E-state index in [1.54, 1.807) is 0 Å². The number of thiocarbonyl (C=S) groups is 1. The third-order valence-electron chi connectivity index (χ3n) is 2.53. The highest BCUT2D eigenvalue weighted by Crippen LogP contribution is 2.12. The van der Waals surface area contributed by atoms with Gasteiger partial charge < -0.3 is 10.5 Å². The number of aryl methyl sites for hydroxylation is 1. The van der Waals surface area contributed by atoms with Crippen LogP contribution in [0.1, 0.15) is 36.5 Å². The summed E-state index contributed by atoms with van der Waals surface area (Å²) in [6, 6.07) is 6.00. The summed E-state index contributed by atoms with van der Waals surface area (Å²) in [5.74, 6) is 0. The lowest BCUT2D eigenvalue weighted by atomic mass is 10.1. The average molecular weight is 237 g/mol.